The normalized spacial score (nSPS) is 26.7. The second-order valence-corrected chi connectivity index (χ2v) is 4.24. The summed E-state index contributed by atoms with van der Waals surface area (Å²) in [7, 11) is 0. The molecule has 1 aliphatic rings. The van der Waals surface area contributed by atoms with Crippen LogP contribution in [-0.4, -0.2) is 25.3 Å². The molecule has 1 heterocycles. The zero-order valence-corrected chi connectivity index (χ0v) is 9.31. The molecule has 0 spiro atoms. The molecule has 2 unspecified atom stereocenters. The molecule has 15 heavy (non-hydrogen) atoms. The predicted octanol–water partition coefficient (Wildman–Crippen LogP) is 1.88. The van der Waals surface area contributed by atoms with Crippen molar-refractivity contribution < 1.29 is 4.74 Å². The molecular weight excluding hydrogens is 188 g/mol. The van der Waals surface area contributed by atoms with Crippen molar-refractivity contribution in [2.24, 2.45) is 0 Å². The summed E-state index contributed by atoms with van der Waals surface area (Å²) in [6, 6.07) is 8.87. The van der Waals surface area contributed by atoms with E-state index in [4.69, 9.17) is 10.5 Å². The number of rotatable bonds is 1. The Morgan fingerprint density at radius 2 is 1.93 bits per heavy atom. The number of anilines is 2. The van der Waals surface area contributed by atoms with Crippen LogP contribution in [0.1, 0.15) is 13.8 Å². The lowest BCUT2D eigenvalue weighted by Gasteiger charge is -2.40. The van der Waals surface area contributed by atoms with Gasteiger partial charge in [0.1, 0.15) is 0 Å². The van der Waals surface area contributed by atoms with Crippen LogP contribution in [0.2, 0.25) is 0 Å². The highest BCUT2D eigenvalue weighted by Crippen LogP contribution is 2.24. The first-order chi connectivity index (χ1) is 7.18. The molecule has 1 aromatic rings. The maximum absolute atomic E-state index is 5.80. The lowest BCUT2D eigenvalue weighted by molar-refractivity contribution is 0.0757. The number of nitrogen functional groups attached to an aromatic ring is 1. The van der Waals surface area contributed by atoms with Crippen molar-refractivity contribution in [2.75, 3.05) is 23.8 Å². The quantitative estimate of drug-likeness (QED) is 0.713. The maximum atomic E-state index is 5.80. The summed E-state index contributed by atoms with van der Waals surface area (Å²) in [6.45, 7) is 5.94. The van der Waals surface area contributed by atoms with Crippen LogP contribution in [0.15, 0.2) is 24.3 Å². The minimum Gasteiger partial charge on any atom is -0.399 e. The van der Waals surface area contributed by atoms with Crippen LogP contribution in [0.3, 0.4) is 0 Å². The smallest absolute Gasteiger partial charge is 0.0668 e. The summed E-state index contributed by atoms with van der Waals surface area (Å²) in [5.74, 6) is 0. The van der Waals surface area contributed by atoms with Crippen LogP contribution >= 0.6 is 0 Å². The third-order valence-corrected chi connectivity index (χ3v) is 2.84. The molecule has 1 aliphatic heterocycles. The van der Waals surface area contributed by atoms with Crippen LogP contribution in [0.5, 0.6) is 0 Å². The number of nitrogens with two attached hydrogens (primary N) is 1. The molecule has 3 nitrogen and oxygen atoms in total. The first-order valence-corrected chi connectivity index (χ1v) is 5.40. The second-order valence-electron chi connectivity index (χ2n) is 4.24. The van der Waals surface area contributed by atoms with E-state index in [1.807, 2.05) is 18.2 Å². The molecule has 0 aromatic heterocycles. The van der Waals surface area contributed by atoms with Gasteiger partial charge in [0.25, 0.3) is 0 Å². The molecular formula is C12H18N2O. The van der Waals surface area contributed by atoms with Crippen LogP contribution in [0.4, 0.5) is 11.4 Å². The van der Waals surface area contributed by atoms with E-state index in [0.717, 1.165) is 18.9 Å². The summed E-state index contributed by atoms with van der Waals surface area (Å²) in [5, 5.41) is 0. The van der Waals surface area contributed by atoms with Crippen molar-refractivity contribution in [3.63, 3.8) is 0 Å². The standard InChI is InChI=1S/C12H18N2O/c1-9-7-15-8-10(2)14(9)12-5-3-4-11(13)6-12/h3-6,9-10H,7-8,13H2,1-2H3. The minimum absolute atomic E-state index is 0.413. The van der Waals surface area contributed by atoms with Crippen molar-refractivity contribution in [1.29, 1.82) is 0 Å². The number of hydrogen-bond donors (Lipinski definition) is 1. The average Bonchev–Trinajstić information content (AvgIpc) is 2.17. The first kappa shape index (κ1) is 10.3. The van der Waals surface area contributed by atoms with Crippen molar-refractivity contribution >= 4 is 11.4 Å². The van der Waals surface area contributed by atoms with Gasteiger partial charge in [0, 0.05) is 23.5 Å². The van der Waals surface area contributed by atoms with E-state index in [2.05, 4.69) is 24.8 Å². The SMILES string of the molecule is CC1COCC(C)N1c1cccc(N)c1. The highest BCUT2D eigenvalue weighted by molar-refractivity contribution is 5.57. The van der Waals surface area contributed by atoms with Crippen LogP contribution in [-0.2, 0) is 4.74 Å². The Kier molecular flexibility index (Phi) is 2.82. The van der Waals surface area contributed by atoms with E-state index in [-0.39, 0.29) is 0 Å². The first-order valence-electron chi connectivity index (χ1n) is 5.40. The van der Waals surface area contributed by atoms with Gasteiger partial charge in [-0.05, 0) is 32.0 Å². The van der Waals surface area contributed by atoms with Crippen molar-refractivity contribution in [3.05, 3.63) is 24.3 Å². The zero-order chi connectivity index (χ0) is 10.8. The van der Waals surface area contributed by atoms with E-state index in [1.165, 1.54) is 5.69 Å². The molecule has 0 radical (unpaired) electrons. The molecule has 1 saturated heterocycles. The number of hydrogen-bond acceptors (Lipinski definition) is 3. The number of ether oxygens (including phenoxy) is 1. The van der Waals surface area contributed by atoms with Crippen molar-refractivity contribution in [2.45, 2.75) is 25.9 Å². The lowest BCUT2D eigenvalue weighted by Crippen LogP contribution is -2.49. The van der Waals surface area contributed by atoms with E-state index < -0.39 is 0 Å². The summed E-state index contributed by atoms with van der Waals surface area (Å²) >= 11 is 0. The molecule has 1 fully saturated rings. The number of benzene rings is 1. The lowest BCUT2D eigenvalue weighted by atomic mass is 10.1. The molecule has 2 atom stereocenters. The molecule has 0 amide bonds. The Labute approximate surface area is 90.8 Å². The summed E-state index contributed by atoms with van der Waals surface area (Å²) in [6.07, 6.45) is 0. The van der Waals surface area contributed by atoms with Gasteiger partial charge in [0.15, 0.2) is 0 Å². The Balaban J connectivity index is 2.27. The van der Waals surface area contributed by atoms with Gasteiger partial charge in [0.05, 0.1) is 13.2 Å². The minimum atomic E-state index is 0.413. The van der Waals surface area contributed by atoms with E-state index in [9.17, 15) is 0 Å². The fraction of sp³-hybridized carbons (Fsp3) is 0.500. The van der Waals surface area contributed by atoms with Crippen molar-refractivity contribution in [3.8, 4) is 0 Å². The van der Waals surface area contributed by atoms with Gasteiger partial charge in [-0.2, -0.15) is 0 Å². The number of morpholine rings is 1. The number of nitrogens with zero attached hydrogens (tertiary/aromatic N) is 1. The second kappa shape index (κ2) is 4.11. The van der Waals surface area contributed by atoms with E-state index in [1.54, 1.807) is 0 Å². The third kappa shape index (κ3) is 2.07. The summed E-state index contributed by atoms with van der Waals surface area (Å²) in [4.78, 5) is 2.37. The molecule has 2 rings (SSSR count). The highest BCUT2D eigenvalue weighted by atomic mass is 16.5. The molecule has 0 aliphatic carbocycles. The third-order valence-electron chi connectivity index (χ3n) is 2.84. The maximum Gasteiger partial charge on any atom is 0.0668 e. The van der Waals surface area contributed by atoms with Gasteiger partial charge in [-0.15, -0.1) is 0 Å². The summed E-state index contributed by atoms with van der Waals surface area (Å²) < 4.78 is 5.50. The molecule has 1 aromatic carbocycles. The van der Waals surface area contributed by atoms with Crippen LogP contribution in [0, 0.1) is 0 Å². The monoisotopic (exact) mass is 206 g/mol. The van der Waals surface area contributed by atoms with Gasteiger partial charge < -0.3 is 15.4 Å². The van der Waals surface area contributed by atoms with Crippen LogP contribution < -0.4 is 10.6 Å². The van der Waals surface area contributed by atoms with E-state index >= 15 is 0 Å². The zero-order valence-electron chi connectivity index (χ0n) is 9.31. The van der Waals surface area contributed by atoms with Gasteiger partial charge in [-0.1, -0.05) is 6.07 Å². The average molecular weight is 206 g/mol. The largest absolute Gasteiger partial charge is 0.399 e. The fourth-order valence-electron chi connectivity index (χ4n) is 2.20. The molecule has 2 N–H and O–H groups in total. The molecule has 0 bridgehead atoms. The fourth-order valence-corrected chi connectivity index (χ4v) is 2.20. The highest BCUT2D eigenvalue weighted by Gasteiger charge is 2.25. The Bertz CT molecular complexity index is 330. The predicted molar refractivity (Wildman–Crippen MR) is 63.1 cm³/mol. The van der Waals surface area contributed by atoms with Gasteiger partial charge >= 0.3 is 0 Å². The van der Waals surface area contributed by atoms with Gasteiger partial charge in [-0.3, -0.25) is 0 Å². The Morgan fingerprint density at radius 3 is 2.53 bits per heavy atom. The van der Waals surface area contributed by atoms with Crippen LogP contribution in [0.25, 0.3) is 0 Å². The molecule has 82 valence electrons. The van der Waals surface area contributed by atoms with Gasteiger partial charge in [-0.25, -0.2) is 0 Å². The molecule has 3 heteroatoms. The van der Waals surface area contributed by atoms with Crippen molar-refractivity contribution in [1.82, 2.24) is 0 Å². The topological polar surface area (TPSA) is 38.5 Å². The van der Waals surface area contributed by atoms with Gasteiger partial charge in [0.2, 0.25) is 0 Å². The Morgan fingerprint density at radius 1 is 1.27 bits per heavy atom. The molecule has 0 saturated carbocycles. The Hall–Kier alpha value is -1.22. The van der Waals surface area contributed by atoms with E-state index in [0.29, 0.717) is 12.1 Å². The summed E-state index contributed by atoms with van der Waals surface area (Å²) in [5.41, 5.74) is 7.81.